The fourth-order valence-electron chi connectivity index (χ4n) is 1.33. The molecule has 0 aliphatic carbocycles. The van der Waals surface area contributed by atoms with Gasteiger partial charge in [0, 0.05) is 38.3 Å². The second-order valence-electron chi connectivity index (χ2n) is 3.69. The molecule has 9 heteroatoms. The van der Waals surface area contributed by atoms with Crippen LogP contribution in [0.5, 0.6) is 0 Å². The van der Waals surface area contributed by atoms with Crippen molar-refractivity contribution in [3.05, 3.63) is 34.4 Å². The summed E-state index contributed by atoms with van der Waals surface area (Å²) in [7, 11) is -3.63. The third kappa shape index (κ3) is 4.91. The SMILES string of the molecule is NCCNCCNS(=O)(=O)c1ccc([N+](=O)[O-])cc1. The Morgan fingerprint density at radius 1 is 1.16 bits per heavy atom. The molecule has 0 atom stereocenters. The molecule has 0 saturated heterocycles. The minimum Gasteiger partial charge on any atom is -0.329 e. The number of non-ortho nitro benzene ring substituents is 1. The highest BCUT2D eigenvalue weighted by Crippen LogP contribution is 2.15. The summed E-state index contributed by atoms with van der Waals surface area (Å²) in [5, 5.41) is 13.4. The van der Waals surface area contributed by atoms with E-state index in [9.17, 15) is 18.5 Å². The molecule has 0 amide bonds. The first-order chi connectivity index (χ1) is 8.97. The number of hydrogen-bond acceptors (Lipinski definition) is 6. The van der Waals surface area contributed by atoms with E-state index < -0.39 is 14.9 Å². The van der Waals surface area contributed by atoms with Crippen LogP contribution in [-0.2, 0) is 10.0 Å². The van der Waals surface area contributed by atoms with E-state index in [-0.39, 0.29) is 17.1 Å². The van der Waals surface area contributed by atoms with Gasteiger partial charge in [-0.3, -0.25) is 10.1 Å². The fourth-order valence-corrected chi connectivity index (χ4v) is 2.36. The molecule has 1 rings (SSSR count). The van der Waals surface area contributed by atoms with Crippen LogP contribution in [0.15, 0.2) is 29.2 Å². The highest BCUT2D eigenvalue weighted by molar-refractivity contribution is 7.89. The Kier molecular flexibility index (Phi) is 5.83. The Morgan fingerprint density at radius 2 is 1.79 bits per heavy atom. The van der Waals surface area contributed by atoms with E-state index in [2.05, 4.69) is 10.0 Å². The van der Waals surface area contributed by atoms with Crippen molar-refractivity contribution < 1.29 is 13.3 Å². The smallest absolute Gasteiger partial charge is 0.269 e. The molecular weight excluding hydrogens is 272 g/mol. The monoisotopic (exact) mass is 288 g/mol. The summed E-state index contributed by atoms with van der Waals surface area (Å²) in [6.07, 6.45) is 0. The van der Waals surface area contributed by atoms with Crippen LogP contribution in [0.4, 0.5) is 5.69 Å². The number of nitro benzene ring substituents is 1. The summed E-state index contributed by atoms with van der Waals surface area (Å²) in [5.41, 5.74) is 5.12. The number of benzene rings is 1. The Bertz CT molecular complexity index is 515. The second-order valence-corrected chi connectivity index (χ2v) is 5.45. The molecule has 0 aliphatic rings. The molecule has 0 radical (unpaired) electrons. The Morgan fingerprint density at radius 3 is 2.32 bits per heavy atom. The van der Waals surface area contributed by atoms with E-state index in [1.807, 2.05) is 0 Å². The molecule has 106 valence electrons. The van der Waals surface area contributed by atoms with Crippen LogP contribution >= 0.6 is 0 Å². The van der Waals surface area contributed by atoms with Crippen LogP contribution in [-0.4, -0.2) is 39.5 Å². The van der Waals surface area contributed by atoms with Crippen molar-refractivity contribution in [2.24, 2.45) is 5.73 Å². The largest absolute Gasteiger partial charge is 0.329 e. The van der Waals surface area contributed by atoms with Crippen molar-refractivity contribution in [3.8, 4) is 0 Å². The van der Waals surface area contributed by atoms with Crippen LogP contribution in [0.25, 0.3) is 0 Å². The molecule has 0 fully saturated rings. The van der Waals surface area contributed by atoms with E-state index in [1.54, 1.807) is 0 Å². The summed E-state index contributed by atoms with van der Waals surface area (Å²) in [6, 6.07) is 4.71. The number of nitrogens with two attached hydrogens (primary N) is 1. The highest BCUT2D eigenvalue weighted by Gasteiger charge is 2.14. The van der Waals surface area contributed by atoms with Gasteiger partial charge in [-0.1, -0.05) is 0 Å². The van der Waals surface area contributed by atoms with Gasteiger partial charge in [0.1, 0.15) is 0 Å². The van der Waals surface area contributed by atoms with Crippen LogP contribution in [0, 0.1) is 10.1 Å². The van der Waals surface area contributed by atoms with Gasteiger partial charge in [0.15, 0.2) is 0 Å². The zero-order chi connectivity index (χ0) is 14.3. The summed E-state index contributed by atoms with van der Waals surface area (Å²) in [4.78, 5) is 9.87. The molecule has 4 N–H and O–H groups in total. The molecule has 0 bridgehead atoms. The molecule has 0 unspecified atom stereocenters. The maximum absolute atomic E-state index is 11.8. The fraction of sp³-hybridized carbons (Fsp3) is 0.400. The van der Waals surface area contributed by atoms with Crippen molar-refractivity contribution >= 4 is 15.7 Å². The van der Waals surface area contributed by atoms with E-state index in [0.717, 1.165) is 12.1 Å². The number of sulfonamides is 1. The number of nitrogens with one attached hydrogen (secondary N) is 2. The second kappa shape index (κ2) is 7.14. The molecule has 0 aromatic heterocycles. The van der Waals surface area contributed by atoms with Crippen molar-refractivity contribution in [2.45, 2.75) is 4.90 Å². The lowest BCUT2D eigenvalue weighted by atomic mass is 10.3. The minimum absolute atomic E-state index is 0.00285. The number of nitrogens with zero attached hydrogens (tertiary/aromatic N) is 1. The van der Waals surface area contributed by atoms with Crippen molar-refractivity contribution in [2.75, 3.05) is 26.2 Å². The maximum Gasteiger partial charge on any atom is 0.269 e. The van der Waals surface area contributed by atoms with Gasteiger partial charge in [-0.25, -0.2) is 13.1 Å². The van der Waals surface area contributed by atoms with Crippen LogP contribution < -0.4 is 15.8 Å². The topological polar surface area (TPSA) is 127 Å². The molecule has 8 nitrogen and oxygen atoms in total. The van der Waals surface area contributed by atoms with E-state index in [1.165, 1.54) is 12.1 Å². The third-order valence-corrected chi connectivity index (χ3v) is 3.75. The standard InChI is InChI=1S/C10H16N4O4S/c11-5-6-12-7-8-13-19(17,18)10-3-1-9(2-4-10)14(15)16/h1-4,12-13H,5-8,11H2. The molecule has 0 saturated carbocycles. The molecule has 0 heterocycles. The molecule has 1 aromatic carbocycles. The first-order valence-corrected chi connectivity index (χ1v) is 7.10. The molecular formula is C10H16N4O4S. The first-order valence-electron chi connectivity index (χ1n) is 5.62. The predicted octanol–water partition coefficient (Wildman–Crippen LogP) is -0.579. The van der Waals surface area contributed by atoms with E-state index in [4.69, 9.17) is 5.73 Å². The van der Waals surface area contributed by atoms with Crippen LogP contribution in [0.1, 0.15) is 0 Å². The summed E-state index contributed by atoms with van der Waals surface area (Å²) < 4.78 is 26.0. The van der Waals surface area contributed by atoms with Gasteiger partial charge in [-0.05, 0) is 12.1 Å². The van der Waals surface area contributed by atoms with Gasteiger partial charge in [-0.2, -0.15) is 0 Å². The average Bonchev–Trinajstić information content (AvgIpc) is 2.38. The highest BCUT2D eigenvalue weighted by atomic mass is 32.2. The van der Waals surface area contributed by atoms with Gasteiger partial charge in [0.25, 0.3) is 5.69 Å². The zero-order valence-electron chi connectivity index (χ0n) is 10.2. The predicted molar refractivity (Wildman–Crippen MR) is 70.2 cm³/mol. The van der Waals surface area contributed by atoms with Crippen molar-refractivity contribution in [3.63, 3.8) is 0 Å². The minimum atomic E-state index is -3.63. The summed E-state index contributed by atoms with van der Waals surface area (Å²) in [6.45, 7) is 1.77. The molecule has 19 heavy (non-hydrogen) atoms. The lowest BCUT2D eigenvalue weighted by molar-refractivity contribution is -0.384. The lowest BCUT2D eigenvalue weighted by Gasteiger charge is -2.07. The van der Waals surface area contributed by atoms with Gasteiger partial charge in [0.2, 0.25) is 10.0 Å². The Hall–Kier alpha value is -1.55. The van der Waals surface area contributed by atoms with Crippen LogP contribution in [0.3, 0.4) is 0 Å². The van der Waals surface area contributed by atoms with Crippen LogP contribution in [0.2, 0.25) is 0 Å². The van der Waals surface area contributed by atoms with Gasteiger partial charge in [0.05, 0.1) is 9.82 Å². The quantitative estimate of drug-likeness (QED) is 0.333. The van der Waals surface area contributed by atoms with Gasteiger partial charge < -0.3 is 11.1 Å². The molecule has 1 aromatic rings. The molecule has 0 aliphatic heterocycles. The summed E-state index contributed by atoms with van der Waals surface area (Å²) in [5.74, 6) is 0. The Labute approximate surface area is 111 Å². The third-order valence-electron chi connectivity index (χ3n) is 2.27. The first kappa shape index (κ1) is 15.5. The molecule has 0 spiro atoms. The van der Waals surface area contributed by atoms with E-state index >= 15 is 0 Å². The van der Waals surface area contributed by atoms with Crippen molar-refractivity contribution in [1.29, 1.82) is 0 Å². The van der Waals surface area contributed by atoms with Gasteiger partial charge >= 0.3 is 0 Å². The van der Waals surface area contributed by atoms with Gasteiger partial charge in [-0.15, -0.1) is 0 Å². The Balaban J connectivity index is 2.59. The zero-order valence-corrected chi connectivity index (χ0v) is 11.0. The van der Waals surface area contributed by atoms with Crippen molar-refractivity contribution in [1.82, 2.24) is 10.0 Å². The summed E-state index contributed by atoms with van der Waals surface area (Å²) >= 11 is 0. The average molecular weight is 288 g/mol. The van der Waals surface area contributed by atoms with E-state index in [0.29, 0.717) is 19.6 Å². The normalized spacial score (nSPS) is 11.4. The lowest BCUT2D eigenvalue weighted by Crippen LogP contribution is -2.33. The number of rotatable bonds is 8. The number of nitro groups is 1. The maximum atomic E-state index is 11.8. The number of hydrogen-bond donors (Lipinski definition) is 3.